The maximum Gasteiger partial charge on any atom is 0.256 e. The van der Waals surface area contributed by atoms with E-state index in [2.05, 4.69) is 10.3 Å². The number of nitrogens with one attached hydrogen (secondary N) is 1. The van der Waals surface area contributed by atoms with Gasteiger partial charge < -0.3 is 10.1 Å². The van der Waals surface area contributed by atoms with Gasteiger partial charge in [-0.1, -0.05) is 0 Å². The zero-order valence-electron chi connectivity index (χ0n) is 13.0. The maximum absolute atomic E-state index is 12.4. The molecule has 0 saturated carbocycles. The number of ether oxygens (including phenoxy) is 1. The average molecular weight is 325 g/mol. The number of nitrogens with zero attached hydrogens (tertiary/aromatic N) is 2. The number of anilines is 1. The van der Waals surface area contributed by atoms with Gasteiger partial charge in [0.1, 0.15) is 5.75 Å². The van der Waals surface area contributed by atoms with Crippen LogP contribution in [0.2, 0.25) is 0 Å². The molecule has 0 fully saturated rings. The Bertz CT molecular complexity index is 981. The summed E-state index contributed by atoms with van der Waals surface area (Å²) in [5.41, 5.74) is 4.14. The Morgan fingerprint density at radius 2 is 2.17 bits per heavy atom. The molecule has 3 aromatic rings. The Hall–Kier alpha value is -2.60. The number of carbonyl (C=O) groups excluding carboxylic acids is 1. The zero-order valence-corrected chi connectivity index (χ0v) is 13.8. The summed E-state index contributed by atoms with van der Waals surface area (Å²) in [4.78, 5) is 19.1. The molecule has 2 aromatic heterocycles. The van der Waals surface area contributed by atoms with Crippen LogP contribution in [0.1, 0.15) is 21.8 Å². The van der Waals surface area contributed by atoms with Crippen LogP contribution in [0.25, 0.3) is 16.6 Å². The molecule has 5 nitrogen and oxygen atoms in total. The molecule has 116 valence electrons. The molecule has 1 aliphatic rings. The monoisotopic (exact) mass is 325 g/mol. The minimum atomic E-state index is -0.102. The number of methoxy groups -OCH3 is 1. The van der Waals surface area contributed by atoms with E-state index in [4.69, 9.17) is 4.74 Å². The second kappa shape index (κ2) is 4.96. The molecular weight excluding hydrogens is 310 g/mol. The third kappa shape index (κ3) is 2.14. The Kier molecular flexibility index (Phi) is 3.02. The second-order valence-corrected chi connectivity index (χ2v) is 6.71. The van der Waals surface area contributed by atoms with Crippen LogP contribution in [0.3, 0.4) is 0 Å². The van der Waals surface area contributed by atoms with Crippen LogP contribution in [-0.4, -0.2) is 22.4 Å². The fourth-order valence-electron chi connectivity index (χ4n) is 2.83. The van der Waals surface area contributed by atoms with E-state index in [-0.39, 0.29) is 5.91 Å². The Morgan fingerprint density at radius 1 is 1.35 bits per heavy atom. The standard InChI is InChI=1S/C17H15N3O2S/c1-9-8-20-15(10(2)18-17(20)23-9)7-13-12-6-11(22-3)4-5-14(12)19-16(13)21/h4-8H,1-3H3,(H,19,21). The molecule has 23 heavy (non-hydrogen) atoms. The average Bonchev–Trinajstić information content (AvgIpc) is 3.11. The SMILES string of the molecule is COc1ccc2c(c1)C(=Cc1c(C)nc3sc(C)cn13)C(=O)N2. The number of hydrogen-bond acceptors (Lipinski definition) is 4. The molecule has 0 spiro atoms. The number of benzene rings is 1. The molecule has 0 atom stereocenters. The fourth-order valence-corrected chi connectivity index (χ4v) is 3.71. The van der Waals surface area contributed by atoms with Gasteiger partial charge >= 0.3 is 0 Å². The highest BCUT2D eigenvalue weighted by atomic mass is 32.1. The summed E-state index contributed by atoms with van der Waals surface area (Å²) >= 11 is 1.64. The van der Waals surface area contributed by atoms with Crippen LogP contribution in [0, 0.1) is 13.8 Å². The number of rotatable bonds is 2. The lowest BCUT2D eigenvalue weighted by Gasteiger charge is -2.03. The highest BCUT2D eigenvalue weighted by Crippen LogP contribution is 2.36. The van der Waals surface area contributed by atoms with E-state index >= 15 is 0 Å². The van der Waals surface area contributed by atoms with Crippen molar-refractivity contribution in [2.45, 2.75) is 13.8 Å². The zero-order chi connectivity index (χ0) is 16.1. The predicted molar refractivity (Wildman–Crippen MR) is 92.0 cm³/mol. The van der Waals surface area contributed by atoms with Gasteiger partial charge in [-0.2, -0.15) is 0 Å². The number of imidazole rings is 1. The molecule has 1 aliphatic heterocycles. The maximum atomic E-state index is 12.4. The van der Waals surface area contributed by atoms with Crippen molar-refractivity contribution in [2.75, 3.05) is 12.4 Å². The summed E-state index contributed by atoms with van der Waals surface area (Å²) in [6, 6.07) is 5.58. The number of aromatic nitrogens is 2. The Balaban J connectivity index is 1.91. The molecule has 3 heterocycles. The molecule has 0 aliphatic carbocycles. The smallest absolute Gasteiger partial charge is 0.256 e. The minimum absolute atomic E-state index is 0.102. The molecule has 0 radical (unpaired) electrons. The van der Waals surface area contributed by atoms with E-state index in [1.165, 1.54) is 4.88 Å². The van der Waals surface area contributed by atoms with Crippen LogP contribution in [0.4, 0.5) is 5.69 Å². The van der Waals surface area contributed by atoms with Crippen LogP contribution >= 0.6 is 11.3 Å². The van der Waals surface area contributed by atoms with Crippen molar-refractivity contribution in [3.8, 4) is 5.75 Å². The van der Waals surface area contributed by atoms with E-state index in [1.54, 1.807) is 18.4 Å². The van der Waals surface area contributed by atoms with Gasteiger partial charge in [-0.05, 0) is 38.1 Å². The Labute approximate surface area is 137 Å². The summed E-state index contributed by atoms with van der Waals surface area (Å²) < 4.78 is 7.31. The third-order valence-electron chi connectivity index (χ3n) is 3.95. The van der Waals surface area contributed by atoms with Crippen molar-refractivity contribution in [3.05, 3.63) is 46.2 Å². The van der Waals surface area contributed by atoms with E-state index in [9.17, 15) is 4.79 Å². The molecule has 0 saturated heterocycles. The lowest BCUT2D eigenvalue weighted by atomic mass is 10.1. The normalized spacial score (nSPS) is 15.3. The van der Waals surface area contributed by atoms with Crippen molar-refractivity contribution in [1.29, 1.82) is 0 Å². The van der Waals surface area contributed by atoms with Gasteiger partial charge in [0.15, 0.2) is 4.96 Å². The molecular formula is C17H15N3O2S. The van der Waals surface area contributed by atoms with Gasteiger partial charge in [-0.15, -0.1) is 11.3 Å². The molecule has 4 rings (SSSR count). The predicted octanol–water partition coefficient (Wildman–Crippen LogP) is 3.51. The third-order valence-corrected chi connectivity index (χ3v) is 4.85. The van der Waals surface area contributed by atoms with Crippen LogP contribution < -0.4 is 10.1 Å². The van der Waals surface area contributed by atoms with E-state index in [0.717, 1.165) is 33.3 Å². The summed E-state index contributed by atoms with van der Waals surface area (Å²) in [5, 5.41) is 2.89. The molecule has 1 amide bonds. The highest BCUT2D eigenvalue weighted by molar-refractivity contribution is 7.17. The second-order valence-electron chi connectivity index (χ2n) is 5.50. The van der Waals surface area contributed by atoms with Gasteiger partial charge in [0, 0.05) is 22.3 Å². The lowest BCUT2D eigenvalue weighted by molar-refractivity contribution is -0.110. The van der Waals surface area contributed by atoms with Gasteiger partial charge in [0.25, 0.3) is 5.91 Å². The summed E-state index contributed by atoms with van der Waals surface area (Å²) in [7, 11) is 1.62. The van der Waals surface area contributed by atoms with Crippen LogP contribution in [-0.2, 0) is 4.79 Å². The van der Waals surface area contributed by atoms with Gasteiger partial charge in [0.2, 0.25) is 0 Å². The van der Waals surface area contributed by atoms with Crippen molar-refractivity contribution in [1.82, 2.24) is 9.38 Å². The number of fused-ring (bicyclic) bond motifs is 2. The molecule has 1 N–H and O–H groups in total. The quantitative estimate of drug-likeness (QED) is 0.734. The van der Waals surface area contributed by atoms with E-state index < -0.39 is 0 Å². The number of amides is 1. The van der Waals surface area contributed by atoms with E-state index in [1.807, 2.05) is 48.7 Å². The number of thiazole rings is 1. The first-order chi connectivity index (χ1) is 11.1. The molecule has 1 aromatic carbocycles. The Morgan fingerprint density at radius 3 is 2.96 bits per heavy atom. The number of aryl methyl sites for hydroxylation is 2. The first kappa shape index (κ1) is 14.0. The topological polar surface area (TPSA) is 55.6 Å². The largest absolute Gasteiger partial charge is 0.497 e. The van der Waals surface area contributed by atoms with E-state index in [0.29, 0.717) is 5.57 Å². The fraction of sp³-hybridized carbons (Fsp3) is 0.176. The molecule has 0 unspecified atom stereocenters. The first-order valence-corrected chi connectivity index (χ1v) is 8.05. The number of hydrogen-bond donors (Lipinski definition) is 1. The number of carbonyl (C=O) groups is 1. The van der Waals surface area contributed by atoms with Gasteiger partial charge in [-0.25, -0.2) is 4.98 Å². The summed E-state index contributed by atoms with van der Waals surface area (Å²) in [6.45, 7) is 4.01. The molecule has 0 bridgehead atoms. The van der Waals surface area contributed by atoms with Gasteiger partial charge in [-0.3, -0.25) is 9.20 Å². The summed E-state index contributed by atoms with van der Waals surface area (Å²) in [5.74, 6) is 0.627. The lowest BCUT2D eigenvalue weighted by Crippen LogP contribution is -2.03. The van der Waals surface area contributed by atoms with Crippen molar-refractivity contribution < 1.29 is 9.53 Å². The van der Waals surface area contributed by atoms with Crippen molar-refractivity contribution >= 4 is 39.5 Å². The minimum Gasteiger partial charge on any atom is -0.497 e. The van der Waals surface area contributed by atoms with Gasteiger partial charge in [0.05, 0.1) is 24.1 Å². The van der Waals surface area contributed by atoms with Crippen molar-refractivity contribution in [2.24, 2.45) is 0 Å². The highest BCUT2D eigenvalue weighted by Gasteiger charge is 2.25. The first-order valence-electron chi connectivity index (χ1n) is 7.23. The van der Waals surface area contributed by atoms with Crippen LogP contribution in [0.15, 0.2) is 24.4 Å². The van der Waals surface area contributed by atoms with Crippen LogP contribution in [0.5, 0.6) is 5.75 Å². The molecule has 6 heteroatoms. The summed E-state index contributed by atoms with van der Waals surface area (Å²) in [6.07, 6.45) is 3.95. The van der Waals surface area contributed by atoms with Crippen molar-refractivity contribution in [3.63, 3.8) is 0 Å².